The first-order valence-electron chi connectivity index (χ1n) is 11.0. The van der Waals surface area contributed by atoms with E-state index in [4.69, 9.17) is 25.7 Å². The minimum absolute atomic E-state index is 0.0987. The van der Waals surface area contributed by atoms with E-state index < -0.39 is 5.82 Å². The molecule has 0 saturated carbocycles. The summed E-state index contributed by atoms with van der Waals surface area (Å²) >= 11 is 0. The zero-order valence-electron chi connectivity index (χ0n) is 19.4. The molecule has 10 nitrogen and oxygen atoms in total. The molecule has 2 aromatic carbocycles. The number of hydrogen-bond donors (Lipinski definition) is 4. The summed E-state index contributed by atoms with van der Waals surface area (Å²) < 4.78 is 25.6. The van der Waals surface area contributed by atoms with Crippen LogP contribution in [0.2, 0.25) is 0 Å². The van der Waals surface area contributed by atoms with Gasteiger partial charge in [-0.2, -0.15) is 0 Å². The molecule has 184 valence electrons. The number of halogens is 1. The van der Waals surface area contributed by atoms with Gasteiger partial charge in [-0.25, -0.2) is 24.3 Å². The molecule has 0 aliphatic rings. The van der Waals surface area contributed by atoms with Gasteiger partial charge in [0, 0.05) is 48.3 Å². The summed E-state index contributed by atoms with van der Waals surface area (Å²) in [5.74, 6) is 1.62. The van der Waals surface area contributed by atoms with Crippen LogP contribution in [0.15, 0.2) is 61.2 Å². The highest BCUT2D eigenvalue weighted by atomic mass is 19.1. The van der Waals surface area contributed by atoms with Gasteiger partial charge < -0.3 is 25.6 Å². The summed E-state index contributed by atoms with van der Waals surface area (Å²) in [5.41, 5.74) is 7.71. The molecule has 2 heterocycles. The molecule has 2 aromatic heterocycles. The maximum absolute atomic E-state index is 14.2. The normalized spacial score (nSPS) is 10.6. The first kappa shape index (κ1) is 24.5. The maximum atomic E-state index is 14.2. The molecular weight excluding hydrogens is 465 g/mol. The van der Waals surface area contributed by atoms with Gasteiger partial charge in [0.25, 0.3) is 0 Å². The second kappa shape index (κ2) is 11.2. The fourth-order valence-corrected chi connectivity index (χ4v) is 3.26. The fourth-order valence-electron chi connectivity index (χ4n) is 3.26. The van der Waals surface area contributed by atoms with E-state index in [1.165, 1.54) is 18.5 Å². The van der Waals surface area contributed by atoms with Gasteiger partial charge in [0.15, 0.2) is 0 Å². The smallest absolute Gasteiger partial charge is 0.141 e. The Morgan fingerprint density at radius 3 is 2.47 bits per heavy atom. The number of nitrogens with two attached hydrogens (primary N) is 1. The van der Waals surface area contributed by atoms with E-state index in [1.807, 2.05) is 0 Å². The first-order valence-corrected chi connectivity index (χ1v) is 11.0. The zero-order valence-corrected chi connectivity index (χ0v) is 19.4. The third-order valence-corrected chi connectivity index (χ3v) is 4.99. The van der Waals surface area contributed by atoms with Crippen molar-refractivity contribution in [2.45, 2.75) is 13.5 Å². The topological polar surface area (TPSA) is 152 Å². The Bertz CT molecular complexity index is 1350. The predicted octanol–water partition coefficient (Wildman–Crippen LogP) is 3.49. The van der Waals surface area contributed by atoms with Gasteiger partial charge in [0.1, 0.15) is 53.5 Å². The number of aryl methyl sites for hydroxylation is 1. The van der Waals surface area contributed by atoms with Crippen molar-refractivity contribution in [1.29, 1.82) is 5.41 Å². The van der Waals surface area contributed by atoms with E-state index in [1.54, 1.807) is 49.6 Å². The standard InChI is InChI=1S/C25H24FN7O3/c1-15-30-11-16(12-31-15)13-35-20-8-18(26)9-21(10-20)36-19-4-2-17(3-5-19)23(27)22-24(28)32-14-33-25(22)29-6-7-34/h2-5,8-12,14,27,34H,6-7,13H2,1H3,(H3,28,29,32,33). The van der Waals surface area contributed by atoms with Crippen molar-refractivity contribution in [1.82, 2.24) is 19.9 Å². The maximum Gasteiger partial charge on any atom is 0.141 e. The van der Waals surface area contributed by atoms with Crippen LogP contribution in [-0.4, -0.2) is 43.9 Å². The number of anilines is 2. The number of nitrogens with one attached hydrogen (secondary N) is 2. The summed E-state index contributed by atoms with van der Waals surface area (Å²) in [5, 5.41) is 20.6. The van der Waals surface area contributed by atoms with Gasteiger partial charge in [-0.1, -0.05) is 0 Å². The highest BCUT2D eigenvalue weighted by molar-refractivity contribution is 6.16. The molecule has 0 fully saturated rings. The van der Waals surface area contributed by atoms with Crippen LogP contribution in [0.1, 0.15) is 22.5 Å². The molecule has 36 heavy (non-hydrogen) atoms. The van der Waals surface area contributed by atoms with Crippen molar-refractivity contribution >= 4 is 17.3 Å². The van der Waals surface area contributed by atoms with E-state index in [-0.39, 0.29) is 37.0 Å². The third-order valence-electron chi connectivity index (χ3n) is 4.99. The number of benzene rings is 2. The van der Waals surface area contributed by atoms with Gasteiger partial charge in [-0.05, 0) is 31.2 Å². The third kappa shape index (κ3) is 6.07. The van der Waals surface area contributed by atoms with Crippen molar-refractivity contribution < 1.29 is 19.0 Å². The number of aliphatic hydroxyl groups is 1. The Labute approximate surface area is 206 Å². The van der Waals surface area contributed by atoms with Gasteiger partial charge >= 0.3 is 0 Å². The summed E-state index contributed by atoms with van der Waals surface area (Å²) in [6.07, 6.45) is 4.59. The number of nitrogen functional groups attached to an aromatic ring is 1. The number of hydrogen-bond acceptors (Lipinski definition) is 10. The molecule has 5 N–H and O–H groups in total. The lowest BCUT2D eigenvalue weighted by Crippen LogP contribution is -2.15. The van der Waals surface area contributed by atoms with Gasteiger partial charge in [-0.3, -0.25) is 5.41 Å². The molecule has 0 amide bonds. The van der Waals surface area contributed by atoms with Gasteiger partial charge in [0.2, 0.25) is 0 Å². The highest BCUT2D eigenvalue weighted by Crippen LogP contribution is 2.29. The lowest BCUT2D eigenvalue weighted by atomic mass is 10.0. The Morgan fingerprint density at radius 2 is 1.75 bits per heavy atom. The molecule has 4 rings (SSSR count). The van der Waals surface area contributed by atoms with Crippen molar-refractivity contribution in [3.05, 3.63) is 89.5 Å². The van der Waals surface area contributed by atoms with Crippen LogP contribution in [0.4, 0.5) is 16.0 Å². The molecule has 0 unspecified atom stereocenters. The van der Waals surface area contributed by atoms with Crippen molar-refractivity contribution in [3.8, 4) is 17.2 Å². The average molecular weight is 490 g/mol. The Morgan fingerprint density at radius 1 is 1.03 bits per heavy atom. The molecule has 4 aromatic rings. The van der Waals surface area contributed by atoms with Crippen LogP contribution in [0, 0.1) is 18.2 Å². The molecule has 0 bridgehead atoms. The highest BCUT2D eigenvalue weighted by Gasteiger charge is 2.16. The predicted molar refractivity (Wildman–Crippen MR) is 132 cm³/mol. The quantitative estimate of drug-likeness (QED) is 0.245. The average Bonchev–Trinajstić information content (AvgIpc) is 2.87. The second-order valence-corrected chi connectivity index (χ2v) is 7.68. The number of rotatable bonds is 10. The second-order valence-electron chi connectivity index (χ2n) is 7.68. The molecule has 0 aliphatic heterocycles. The number of aromatic nitrogens is 4. The van der Waals surface area contributed by atoms with Crippen molar-refractivity contribution in [2.75, 3.05) is 24.2 Å². The molecule has 0 spiro atoms. The van der Waals surface area contributed by atoms with Crippen molar-refractivity contribution in [3.63, 3.8) is 0 Å². The zero-order chi connectivity index (χ0) is 25.5. The van der Waals surface area contributed by atoms with E-state index in [9.17, 15) is 4.39 Å². The molecule has 0 aliphatic carbocycles. The van der Waals surface area contributed by atoms with Crippen molar-refractivity contribution in [2.24, 2.45) is 0 Å². The number of ether oxygens (including phenoxy) is 2. The molecule has 0 atom stereocenters. The van der Waals surface area contributed by atoms with Crippen LogP contribution in [0.3, 0.4) is 0 Å². The molecule has 11 heteroatoms. The summed E-state index contributed by atoms with van der Waals surface area (Å²) in [6.45, 7) is 2.12. The lowest BCUT2D eigenvalue weighted by molar-refractivity contribution is 0.301. The lowest BCUT2D eigenvalue weighted by Gasteiger charge is -2.13. The molecule has 0 radical (unpaired) electrons. The Kier molecular flexibility index (Phi) is 7.61. The number of aliphatic hydroxyl groups excluding tert-OH is 1. The minimum Gasteiger partial charge on any atom is -0.489 e. The van der Waals surface area contributed by atoms with Gasteiger partial charge in [-0.15, -0.1) is 0 Å². The monoisotopic (exact) mass is 489 g/mol. The van der Waals surface area contributed by atoms with E-state index in [0.717, 1.165) is 5.56 Å². The summed E-state index contributed by atoms with van der Waals surface area (Å²) in [7, 11) is 0. The Balaban J connectivity index is 1.46. The first-order chi connectivity index (χ1) is 17.4. The largest absolute Gasteiger partial charge is 0.489 e. The summed E-state index contributed by atoms with van der Waals surface area (Å²) in [6, 6.07) is 10.7. The minimum atomic E-state index is -0.511. The van der Waals surface area contributed by atoms with E-state index in [0.29, 0.717) is 34.3 Å². The van der Waals surface area contributed by atoms with Crippen LogP contribution in [0.5, 0.6) is 17.2 Å². The van der Waals surface area contributed by atoms with E-state index in [2.05, 4.69) is 25.3 Å². The molecular formula is C25H24FN7O3. The van der Waals surface area contributed by atoms with E-state index >= 15 is 0 Å². The van der Waals surface area contributed by atoms with Gasteiger partial charge in [0.05, 0.1) is 17.9 Å². The Hall–Kier alpha value is -4.64. The number of nitrogens with zero attached hydrogens (tertiary/aromatic N) is 4. The van der Waals surface area contributed by atoms with Crippen LogP contribution in [0.25, 0.3) is 0 Å². The fraction of sp³-hybridized carbons (Fsp3) is 0.160. The van der Waals surface area contributed by atoms with Crippen LogP contribution in [-0.2, 0) is 6.61 Å². The van der Waals surface area contributed by atoms with Crippen LogP contribution < -0.4 is 20.5 Å². The van der Waals surface area contributed by atoms with Crippen LogP contribution >= 0.6 is 0 Å². The molecule has 0 saturated heterocycles. The summed E-state index contributed by atoms with van der Waals surface area (Å²) in [4.78, 5) is 16.3. The SMILES string of the molecule is Cc1ncc(COc2cc(F)cc(Oc3ccc(C(=N)c4c(N)ncnc4NCCO)cc3)c2)cn1.